The summed E-state index contributed by atoms with van der Waals surface area (Å²) in [5.74, 6) is 2.16. The minimum absolute atomic E-state index is 0. The fourth-order valence-corrected chi connectivity index (χ4v) is 4.13. The van der Waals surface area contributed by atoms with E-state index < -0.39 is 0 Å². The van der Waals surface area contributed by atoms with Crippen LogP contribution in [0.5, 0.6) is 0 Å². The SMILES string of the molecule is CCNC(=NCC(C)CN1CCCCC1)NCC(C(C)C)N1CCOCC1.I. The first-order chi connectivity index (χ1) is 13.1. The minimum atomic E-state index is 0. The summed E-state index contributed by atoms with van der Waals surface area (Å²) < 4.78 is 5.52. The van der Waals surface area contributed by atoms with E-state index in [4.69, 9.17) is 9.73 Å². The molecular weight excluding hydrogens is 465 g/mol. The highest BCUT2D eigenvalue weighted by Crippen LogP contribution is 2.13. The van der Waals surface area contributed by atoms with Gasteiger partial charge in [-0.05, 0) is 44.7 Å². The van der Waals surface area contributed by atoms with Crippen molar-refractivity contribution in [3.63, 3.8) is 0 Å². The Balaban J connectivity index is 0.00000392. The molecule has 2 atom stereocenters. The van der Waals surface area contributed by atoms with E-state index in [1.54, 1.807) is 0 Å². The Morgan fingerprint density at radius 2 is 1.68 bits per heavy atom. The van der Waals surface area contributed by atoms with Gasteiger partial charge >= 0.3 is 0 Å². The van der Waals surface area contributed by atoms with Crippen LogP contribution >= 0.6 is 24.0 Å². The summed E-state index contributed by atoms with van der Waals surface area (Å²) in [6, 6.07) is 0.517. The topological polar surface area (TPSA) is 52.1 Å². The maximum absolute atomic E-state index is 5.52. The van der Waals surface area contributed by atoms with Gasteiger partial charge in [-0.1, -0.05) is 27.2 Å². The van der Waals surface area contributed by atoms with Gasteiger partial charge in [-0.3, -0.25) is 9.89 Å². The summed E-state index contributed by atoms with van der Waals surface area (Å²) >= 11 is 0. The summed E-state index contributed by atoms with van der Waals surface area (Å²) in [4.78, 5) is 10.0. The van der Waals surface area contributed by atoms with E-state index in [0.717, 1.165) is 51.9 Å². The Labute approximate surface area is 190 Å². The third-order valence-electron chi connectivity index (χ3n) is 5.69. The van der Waals surface area contributed by atoms with Gasteiger partial charge in [0.2, 0.25) is 0 Å². The van der Waals surface area contributed by atoms with Gasteiger partial charge in [0.15, 0.2) is 5.96 Å². The van der Waals surface area contributed by atoms with Crippen molar-refractivity contribution in [2.45, 2.75) is 53.0 Å². The van der Waals surface area contributed by atoms with Gasteiger partial charge in [0.05, 0.1) is 13.2 Å². The molecule has 2 aliphatic rings. The van der Waals surface area contributed by atoms with Crippen molar-refractivity contribution < 1.29 is 4.74 Å². The van der Waals surface area contributed by atoms with E-state index in [1.165, 1.54) is 38.9 Å². The normalized spacial score (nSPS) is 21.8. The number of nitrogens with zero attached hydrogens (tertiary/aromatic N) is 3. The maximum atomic E-state index is 5.52. The number of morpholine rings is 1. The van der Waals surface area contributed by atoms with Crippen molar-refractivity contribution in [1.29, 1.82) is 0 Å². The number of rotatable bonds is 9. The van der Waals surface area contributed by atoms with Crippen LogP contribution in [0.15, 0.2) is 4.99 Å². The lowest BCUT2D eigenvalue weighted by Gasteiger charge is -2.37. The van der Waals surface area contributed by atoms with Crippen molar-refractivity contribution in [2.24, 2.45) is 16.8 Å². The third-order valence-corrected chi connectivity index (χ3v) is 5.69. The number of hydrogen-bond acceptors (Lipinski definition) is 4. The average molecular weight is 510 g/mol. The highest BCUT2D eigenvalue weighted by atomic mass is 127. The zero-order valence-corrected chi connectivity index (χ0v) is 20.9. The molecular formula is C21H44IN5O. The van der Waals surface area contributed by atoms with Crippen LogP contribution in [0.3, 0.4) is 0 Å². The molecule has 2 N–H and O–H groups in total. The van der Waals surface area contributed by atoms with Crippen LogP contribution in [0.2, 0.25) is 0 Å². The maximum Gasteiger partial charge on any atom is 0.191 e. The molecule has 2 fully saturated rings. The lowest BCUT2D eigenvalue weighted by molar-refractivity contribution is 0.00752. The van der Waals surface area contributed by atoms with Gasteiger partial charge < -0.3 is 20.3 Å². The Morgan fingerprint density at radius 1 is 1.00 bits per heavy atom. The van der Waals surface area contributed by atoms with Crippen LogP contribution in [-0.2, 0) is 4.74 Å². The van der Waals surface area contributed by atoms with Crippen LogP contribution in [0.25, 0.3) is 0 Å². The molecule has 2 aliphatic heterocycles. The molecule has 0 spiro atoms. The molecule has 0 bridgehead atoms. The number of likely N-dealkylation sites (tertiary alicyclic amines) is 1. The Hall–Kier alpha value is -0.120. The third kappa shape index (κ3) is 9.59. The molecule has 2 rings (SSSR count). The molecule has 0 aromatic carbocycles. The van der Waals surface area contributed by atoms with E-state index >= 15 is 0 Å². The Morgan fingerprint density at radius 3 is 2.29 bits per heavy atom. The summed E-state index contributed by atoms with van der Waals surface area (Å²) in [7, 11) is 0. The van der Waals surface area contributed by atoms with Gasteiger partial charge in [0.1, 0.15) is 0 Å². The summed E-state index contributed by atoms with van der Waals surface area (Å²) in [5.41, 5.74) is 0. The zero-order valence-electron chi connectivity index (χ0n) is 18.6. The largest absolute Gasteiger partial charge is 0.379 e. The van der Waals surface area contributed by atoms with Crippen molar-refractivity contribution >= 4 is 29.9 Å². The van der Waals surface area contributed by atoms with E-state index in [0.29, 0.717) is 17.9 Å². The molecule has 0 aromatic rings. The van der Waals surface area contributed by atoms with Crippen LogP contribution in [-0.4, -0.2) is 87.4 Å². The van der Waals surface area contributed by atoms with Gasteiger partial charge in [0.25, 0.3) is 0 Å². The monoisotopic (exact) mass is 509 g/mol. The molecule has 0 aliphatic carbocycles. The van der Waals surface area contributed by atoms with Gasteiger partial charge in [-0.2, -0.15) is 0 Å². The first-order valence-corrected chi connectivity index (χ1v) is 11.2. The fraction of sp³-hybridized carbons (Fsp3) is 0.952. The highest BCUT2D eigenvalue weighted by Gasteiger charge is 2.24. The summed E-state index contributed by atoms with van der Waals surface area (Å²) in [5, 5.41) is 7.02. The number of halogens is 1. The van der Waals surface area contributed by atoms with Crippen LogP contribution in [0, 0.1) is 11.8 Å². The standard InChI is InChI=1S/C21H43N5O.HI/c1-5-22-21(23-15-19(4)17-25-9-7-6-8-10-25)24-16-20(18(2)3)26-11-13-27-14-12-26;/h18-20H,5-17H2,1-4H3,(H2,22,23,24);1H. The predicted molar refractivity (Wildman–Crippen MR) is 130 cm³/mol. The summed E-state index contributed by atoms with van der Waals surface area (Å²) in [6.45, 7) is 19.3. The molecule has 166 valence electrons. The van der Waals surface area contributed by atoms with Crippen molar-refractivity contribution in [3.05, 3.63) is 0 Å². The lowest BCUT2D eigenvalue weighted by atomic mass is 10.0. The number of piperidine rings is 1. The smallest absolute Gasteiger partial charge is 0.191 e. The van der Waals surface area contributed by atoms with E-state index in [2.05, 4.69) is 48.1 Å². The lowest BCUT2D eigenvalue weighted by Crippen LogP contribution is -2.52. The zero-order chi connectivity index (χ0) is 19.5. The first-order valence-electron chi connectivity index (χ1n) is 11.2. The molecule has 0 saturated carbocycles. The summed E-state index contributed by atoms with van der Waals surface area (Å²) in [6.07, 6.45) is 4.12. The molecule has 28 heavy (non-hydrogen) atoms. The van der Waals surface area contributed by atoms with E-state index in [-0.39, 0.29) is 24.0 Å². The van der Waals surface area contributed by atoms with E-state index in [9.17, 15) is 0 Å². The van der Waals surface area contributed by atoms with Crippen molar-refractivity contribution in [1.82, 2.24) is 20.4 Å². The van der Waals surface area contributed by atoms with Crippen LogP contribution < -0.4 is 10.6 Å². The van der Waals surface area contributed by atoms with Crippen molar-refractivity contribution in [3.8, 4) is 0 Å². The second kappa shape index (κ2) is 14.8. The predicted octanol–water partition coefficient (Wildman–Crippen LogP) is 2.64. The molecule has 2 heterocycles. The average Bonchev–Trinajstić information content (AvgIpc) is 2.67. The minimum Gasteiger partial charge on any atom is -0.379 e. The molecule has 0 amide bonds. The molecule has 2 unspecified atom stereocenters. The van der Waals surface area contributed by atoms with E-state index in [1.807, 2.05) is 0 Å². The molecule has 7 heteroatoms. The number of hydrogen-bond donors (Lipinski definition) is 2. The molecule has 0 aromatic heterocycles. The Bertz CT molecular complexity index is 423. The molecule has 6 nitrogen and oxygen atoms in total. The highest BCUT2D eigenvalue weighted by molar-refractivity contribution is 14.0. The first kappa shape index (κ1) is 25.9. The fourth-order valence-electron chi connectivity index (χ4n) is 4.13. The second-order valence-corrected chi connectivity index (χ2v) is 8.53. The molecule has 0 radical (unpaired) electrons. The number of nitrogens with one attached hydrogen (secondary N) is 2. The van der Waals surface area contributed by atoms with Crippen LogP contribution in [0.4, 0.5) is 0 Å². The quantitative estimate of drug-likeness (QED) is 0.285. The van der Waals surface area contributed by atoms with Gasteiger partial charge in [0, 0.05) is 45.3 Å². The number of guanidine groups is 1. The van der Waals surface area contributed by atoms with Crippen LogP contribution in [0.1, 0.15) is 47.0 Å². The van der Waals surface area contributed by atoms with Gasteiger partial charge in [-0.15, -0.1) is 24.0 Å². The second-order valence-electron chi connectivity index (χ2n) is 8.53. The Kier molecular flexibility index (Phi) is 13.7. The number of aliphatic imine (C=N–C) groups is 1. The number of ether oxygens (including phenoxy) is 1. The van der Waals surface area contributed by atoms with Crippen molar-refractivity contribution in [2.75, 3.05) is 65.6 Å². The molecule has 2 saturated heterocycles. The van der Waals surface area contributed by atoms with Gasteiger partial charge in [-0.25, -0.2) is 0 Å².